The zero-order valence-electron chi connectivity index (χ0n) is 17.9. The summed E-state index contributed by atoms with van der Waals surface area (Å²) in [6.07, 6.45) is 2.87. The Bertz CT molecular complexity index is 567. The van der Waals surface area contributed by atoms with Crippen molar-refractivity contribution in [3.05, 3.63) is 29.8 Å². The molecule has 3 N–H and O–H groups in total. The number of anilines is 1. The minimum Gasteiger partial charge on any atom is -0.369 e. The SMILES string of the molecule is Cc1cccc(N2CCN(CCCCNC(=O)[C@@H](N)CC(C)C)CC2)c1.Cl.Cl.Cl. The number of halogens is 3. The summed E-state index contributed by atoms with van der Waals surface area (Å²) in [6, 6.07) is 8.38. The lowest BCUT2D eigenvalue weighted by Crippen LogP contribution is -2.46. The molecular formula is C21H39Cl3N4O. The van der Waals surface area contributed by atoms with Gasteiger partial charge in [0.25, 0.3) is 0 Å². The number of nitrogens with zero attached hydrogens (tertiary/aromatic N) is 2. The van der Waals surface area contributed by atoms with E-state index in [2.05, 4.69) is 60.2 Å². The second-order valence-corrected chi connectivity index (χ2v) is 7.90. The molecule has 1 aromatic rings. The Morgan fingerprint density at radius 2 is 1.76 bits per heavy atom. The van der Waals surface area contributed by atoms with Gasteiger partial charge in [0.1, 0.15) is 0 Å². The molecule has 1 aliphatic heterocycles. The number of hydrogen-bond acceptors (Lipinski definition) is 4. The van der Waals surface area contributed by atoms with Crippen LogP contribution in [-0.4, -0.2) is 56.1 Å². The van der Waals surface area contributed by atoms with Crippen LogP contribution in [0.4, 0.5) is 5.69 Å². The third kappa shape index (κ3) is 11.3. The molecule has 1 saturated heterocycles. The number of aryl methyl sites for hydroxylation is 1. The molecule has 170 valence electrons. The molecule has 1 fully saturated rings. The van der Waals surface area contributed by atoms with Gasteiger partial charge in [0.15, 0.2) is 0 Å². The Morgan fingerprint density at radius 1 is 1.10 bits per heavy atom. The number of unbranched alkanes of at least 4 members (excludes halogenated alkanes) is 1. The van der Waals surface area contributed by atoms with Crippen molar-refractivity contribution in [2.75, 3.05) is 44.2 Å². The Labute approximate surface area is 195 Å². The third-order valence-electron chi connectivity index (χ3n) is 5.00. The van der Waals surface area contributed by atoms with Crippen molar-refractivity contribution in [1.82, 2.24) is 10.2 Å². The molecule has 0 saturated carbocycles. The molecule has 1 heterocycles. The largest absolute Gasteiger partial charge is 0.369 e. The van der Waals surface area contributed by atoms with Crippen LogP contribution in [0.1, 0.15) is 38.7 Å². The molecule has 29 heavy (non-hydrogen) atoms. The first-order chi connectivity index (χ1) is 12.5. The van der Waals surface area contributed by atoms with Gasteiger partial charge in [-0.2, -0.15) is 0 Å². The molecule has 0 aromatic heterocycles. The lowest BCUT2D eigenvalue weighted by Gasteiger charge is -2.36. The third-order valence-corrected chi connectivity index (χ3v) is 5.00. The summed E-state index contributed by atoms with van der Waals surface area (Å²) in [6.45, 7) is 12.6. The van der Waals surface area contributed by atoms with E-state index in [-0.39, 0.29) is 49.2 Å². The molecule has 1 amide bonds. The first kappa shape index (κ1) is 30.5. The molecular weight excluding hydrogens is 431 g/mol. The Balaban J connectivity index is 0. The van der Waals surface area contributed by atoms with Gasteiger partial charge in [-0.3, -0.25) is 9.69 Å². The quantitative estimate of drug-likeness (QED) is 0.542. The van der Waals surface area contributed by atoms with E-state index in [1.165, 1.54) is 11.3 Å². The predicted octanol–water partition coefficient (Wildman–Crippen LogP) is 3.65. The van der Waals surface area contributed by atoms with Gasteiger partial charge < -0.3 is 16.0 Å². The molecule has 5 nitrogen and oxygen atoms in total. The van der Waals surface area contributed by atoms with Gasteiger partial charge in [-0.25, -0.2) is 0 Å². The van der Waals surface area contributed by atoms with Gasteiger partial charge in [-0.1, -0.05) is 26.0 Å². The van der Waals surface area contributed by atoms with Crippen molar-refractivity contribution in [2.45, 2.75) is 46.1 Å². The maximum absolute atomic E-state index is 11.9. The van der Waals surface area contributed by atoms with Crippen molar-refractivity contribution < 1.29 is 4.79 Å². The number of nitrogens with one attached hydrogen (secondary N) is 1. The number of nitrogens with two attached hydrogens (primary N) is 1. The normalized spacial score (nSPS) is 15.0. The fourth-order valence-electron chi connectivity index (χ4n) is 3.47. The van der Waals surface area contributed by atoms with E-state index in [0.29, 0.717) is 5.92 Å². The lowest BCUT2D eigenvalue weighted by molar-refractivity contribution is -0.122. The summed E-state index contributed by atoms with van der Waals surface area (Å²) in [4.78, 5) is 16.9. The fourth-order valence-corrected chi connectivity index (χ4v) is 3.47. The van der Waals surface area contributed by atoms with Crippen LogP contribution in [0.15, 0.2) is 24.3 Å². The van der Waals surface area contributed by atoms with Crippen LogP contribution in [-0.2, 0) is 4.79 Å². The van der Waals surface area contributed by atoms with Crippen LogP contribution in [0.3, 0.4) is 0 Å². The van der Waals surface area contributed by atoms with Crippen molar-refractivity contribution in [2.24, 2.45) is 11.7 Å². The molecule has 1 aliphatic rings. The summed E-state index contributed by atoms with van der Waals surface area (Å²) >= 11 is 0. The van der Waals surface area contributed by atoms with Gasteiger partial charge in [0.2, 0.25) is 5.91 Å². The topological polar surface area (TPSA) is 61.6 Å². The molecule has 2 rings (SSSR count). The zero-order chi connectivity index (χ0) is 18.9. The van der Waals surface area contributed by atoms with Crippen molar-refractivity contribution in [3.63, 3.8) is 0 Å². The summed E-state index contributed by atoms with van der Waals surface area (Å²) in [5.41, 5.74) is 8.55. The number of rotatable bonds is 9. The summed E-state index contributed by atoms with van der Waals surface area (Å²) in [7, 11) is 0. The number of hydrogen-bond donors (Lipinski definition) is 2. The van der Waals surface area contributed by atoms with Crippen LogP contribution < -0.4 is 16.0 Å². The first-order valence-corrected chi connectivity index (χ1v) is 10.0. The zero-order valence-corrected chi connectivity index (χ0v) is 20.4. The fraction of sp³-hybridized carbons (Fsp3) is 0.667. The van der Waals surface area contributed by atoms with Gasteiger partial charge in [0.05, 0.1) is 6.04 Å². The van der Waals surface area contributed by atoms with Crippen molar-refractivity contribution >= 4 is 48.8 Å². The summed E-state index contributed by atoms with van der Waals surface area (Å²) < 4.78 is 0. The molecule has 1 aromatic carbocycles. The molecule has 0 unspecified atom stereocenters. The maximum atomic E-state index is 11.9. The standard InChI is InChI=1S/C21H36N4O.3ClH/c1-17(2)15-20(22)21(26)23-9-4-5-10-24-11-13-25(14-12-24)19-8-6-7-18(3)16-19;;;/h6-8,16-17,20H,4-5,9-15,22H2,1-3H3,(H,23,26);3*1H/t20-;;;/m0.../s1. The average molecular weight is 470 g/mol. The highest BCUT2D eigenvalue weighted by molar-refractivity contribution is 5.86. The summed E-state index contributed by atoms with van der Waals surface area (Å²) in [5, 5.41) is 2.97. The average Bonchev–Trinajstić information content (AvgIpc) is 2.61. The van der Waals surface area contributed by atoms with Crippen LogP contribution in [0.25, 0.3) is 0 Å². The first-order valence-electron chi connectivity index (χ1n) is 10.0. The van der Waals surface area contributed by atoms with Crippen molar-refractivity contribution in [3.8, 4) is 0 Å². The van der Waals surface area contributed by atoms with Crippen LogP contribution >= 0.6 is 37.2 Å². The minimum absolute atomic E-state index is 0. The number of amides is 1. The number of benzene rings is 1. The second kappa shape index (κ2) is 16.0. The summed E-state index contributed by atoms with van der Waals surface area (Å²) in [5.74, 6) is 0.444. The van der Waals surface area contributed by atoms with Crippen LogP contribution in [0.5, 0.6) is 0 Å². The van der Waals surface area contributed by atoms with E-state index >= 15 is 0 Å². The number of carbonyl (C=O) groups is 1. The van der Waals surface area contributed by atoms with Gasteiger partial charge in [0, 0.05) is 38.4 Å². The number of piperazine rings is 1. The Hall–Kier alpha value is -0.720. The lowest BCUT2D eigenvalue weighted by atomic mass is 10.0. The molecule has 1 atom stereocenters. The highest BCUT2D eigenvalue weighted by Crippen LogP contribution is 2.17. The number of carbonyl (C=O) groups excluding carboxylic acids is 1. The van der Waals surface area contributed by atoms with E-state index in [0.717, 1.165) is 58.5 Å². The second-order valence-electron chi connectivity index (χ2n) is 7.90. The smallest absolute Gasteiger partial charge is 0.236 e. The highest BCUT2D eigenvalue weighted by atomic mass is 35.5. The van der Waals surface area contributed by atoms with Crippen LogP contribution in [0.2, 0.25) is 0 Å². The van der Waals surface area contributed by atoms with E-state index in [4.69, 9.17) is 5.73 Å². The maximum Gasteiger partial charge on any atom is 0.236 e. The molecule has 0 radical (unpaired) electrons. The Kier molecular flexibility index (Phi) is 16.8. The van der Waals surface area contributed by atoms with Gasteiger partial charge in [-0.15, -0.1) is 37.2 Å². The predicted molar refractivity (Wildman–Crippen MR) is 131 cm³/mol. The minimum atomic E-state index is -0.371. The van der Waals surface area contributed by atoms with Crippen LogP contribution in [0, 0.1) is 12.8 Å². The van der Waals surface area contributed by atoms with Crippen molar-refractivity contribution in [1.29, 1.82) is 0 Å². The molecule has 8 heteroatoms. The highest BCUT2D eigenvalue weighted by Gasteiger charge is 2.17. The van der Waals surface area contributed by atoms with E-state index in [1.807, 2.05) is 0 Å². The van der Waals surface area contributed by atoms with E-state index < -0.39 is 0 Å². The molecule has 0 spiro atoms. The van der Waals surface area contributed by atoms with E-state index in [9.17, 15) is 4.79 Å². The molecule has 0 aliphatic carbocycles. The molecule has 0 bridgehead atoms. The monoisotopic (exact) mass is 468 g/mol. The van der Waals surface area contributed by atoms with E-state index in [1.54, 1.807) is 0 Å². The van der Waals surface area contributed by atoms with Gasteiger partial charge in [-0.05, 0) is 56.3 Å². The Morgan fingerprint density at radius 3 is 2.34 bits per heavy atom. The van der Waals surface area contributed by atoms with Gasteiger partial charge >= 0.3 is 0 Å².